The summed E-state index contributed by atoms with van der Waals surface area (Å²) in [6, 6.07) is 2.20. The summed E-state index contributed by atoms with van der Waals surface area (Å²) in [6.45, 7) is 5.45. The van der Waals surface area contributed by atoms with E-state index in [0.717, 1.165) is 32.7 Å². The van der Waals surface area contributed by atoms with Gasteiger partial charge in [-0.3, -0.25) is 0 Å². The van der Waals surface area contributed by atoms with E-state index in [1.54, 1.807) is 11.3 Å². The first kappa shape index (κ1) is 16.1. The van der Waals surface area contributed by atoms with Crippen molar-refractivity contribution in [1.82, 2.24) is 15.1 Å². The average Bonchev–Trinajstić information content (AvgIpc) is 2.68. The lowest BCUT2D eigenvalue weighted by Gasteiger charge is -2.16. The quantitative estimate of drug-likeness (QED) is 0.700. The lowest BCUT2D eigenvalue weighted by atomic mass is 10.3. The zero-order valence-corrected chi connectivity index (χ0v) is 14.0. The van der Waals surface area contributed by atoms with Gasteiger partial charge in [0, 0.05) is 19.6 Å². The van der Waals surface area contributed by atoms with Gasteiger partial charge >= 0.3 is 0 Å². The number of halogens is 1. The van der Waals surface area contributed by atoms with Crippen LogP contribution in [0.25, 0.3) is 0 Å². The molecule has 0 amide bonds. The molecular weight excluding hydrogens is 310 g/mol. The van der Waals surface area contributed by atoms with Gasteiger partial charge in [-0.05, 0) is 73.6 Å². The van der Waals surface area contributed by atoms with Crippen LogP contribution in [0.1, 0.15) is 12.0 Å². The average molecular weight is 334 g/mol. The summed E-state index contributed by atoms with van der Waals surface area (Å²) < 4.78 is 1.22. The number of rotatable bonds is 9. The number of hydrogen-bond acceptors (Lipinski definition) is 4. The molecule has 0 atom stereocenters. The van der Waals surface area contributed by atoms with Gasteiger partial charge in [-0.15, -0.1) is 11.3 Å². The van der Waals surface area contributed by atoms with Gasteiger partial charge in [-0.1, -0.05) is 0 Å². The summed E-state index contributed by atoms with van der Waals surface area (Å²) >= 11 is 5.25. The minimum atomic E-state index is 1.03. The Hall–Kier alpha value is 0.0600. The van der Waals surface area contributed by atoms with Crippen LogP contribution < -0.4 is 5.32 Å². The van der Waals surface area contributed by atoms with E-state index in [4.69, 9.17) is 0 Å². The summed E-state index contributed by atoms with van der Waals surface area (Å²) in [5, 5.41) is 5.70. The predicted molar refractivity (Wildman–Crippen MR) is 84.4 cm³/mol. The van der Waals surface area contributed by atoms with Crippen LogP contribution >= 0.6 is 27.3 Å². The van der Waals surface area contributed by atoms with E-state index < -0.39 is 0 Å². The van der Waals surface area contributed by atoms with Crippen LogP contribution in [0.3, 0.4) is 0 Å². The summed E-state index contributed by atoms with van der Waals surface area (Å²) in [5.41, 5.74) is 1.39. The molecule has 0 radical (unpaired) electrons. The van der Waals surface area contributed by atoms with Crippen LogP contribution in [0, 0.1) is 0 Å². The first-order chi connectivity index (χ1) is 8.58. The fourth-order valence-electron chi connectivity index (χ4n) is 1.73. The number of hydrogen-bond donors (Lipinski definition) is 1. The molecule has 0 bridgehead atoms. The summed E-state index contributed by atoms with van der Waals surface area (Å²) in [6.07, 6.45) is 1.22. The standard InChI is InChI=1S/C13H24BrN3S/c1-16(2)7-4-5-15-6-8-17(3)10-12-9-13(14)18-11-12/h9,11,15H,4-8,10H2,1-3H3. The van der Waals surface area contributed by atoms with Gasteiger partial charge in [0.1, 0.15) is 0 Å². The normalized spacial score (nSPS) is 11.7. The Bertz CT molecular complexity index is 328. The summed E-state index contributed by atoms with van der Waals surface area (Å²) in [4.78, 5) is 4.58. The van der Waals surface area contributed by atoms with Crippen LogP contribution in [-0.2, 0) is 6.54 Å². The second-order valence-electron chi connectivity index (χ2n) is 4.90. The highest BCUT2D eigenvalue weighted by Crippen LogP contribution is 2.21. The molecule has 0 aromatic carbocycles. The van der Waals surface area contributed by atoms with Crippen LogP contribution in [0.2, 0.25) is 0 Å². The molecule has 0 aliphatic rings. The van der Waals surface area contributed by atoms with E-state index >= 15 is 0 Å². The maximum atomic E-state index is 3.50. The van der Waals surface area contributed by atoms with Gasteiger partial charge in [0.15, 0.2) is 0 Å². The highest BCUT2D eigenvalue weighted by Gasteiger charge is 2.02. The van der Waals surface area contributed by atoms with Crippen LogP contribution in [0.5, 0.6) is 0 Å². The predicted octanol–water partition coefficient (Wildman–Crippen LogP) is 2.48. The third-order valence-electron chi connectivity index (χ3n) is 2.70. The Morgan fingerprint density at radius 1 is 1.22 bits per heavy atom. The molecule has 0 saturated carbocycles. The van der Waals surface area contributed by atoms with Gasteiger partial charge in [-0.25, -0.2) is 0 Å². The molecule has 18 heavy (non-hydrogen) atoms. The van der Waals surface area contributed by atoms with E-state index in [1.165, 1.54) is 15.8 Å². The molecule has 1 rings (SSSR count). The Morgan fingerprint density at radius 2 is 2.00 bits per heavy atom. The molecule has 104 valence electrons. The molecule has 1 aromatic rings. The fraction of sp³-hybridized carbons (Fsp3) is 0.692. The summed E-state index contributed by atoms with van der Waals surface area (Å²) in [7, 11) is 6.41. The molecule has 1 N–H and O–H groups in total. The van der Waals surface area contributed by atoms with Crippen LogP contribution in [0.4, 0.5) is 0 Å². The SMILES string of the molecule is CN(C)CCCNCCN(C)Cc1csc(Br)c1. The topological polar surface area (TPSA) is 18.5 Å². The molecule has 3 nitrogen and oxygen atoms in total. The van der Waals surface area contributed by atoms with E-state index in [1.807, 2.05) is 0 Å². The van der Waals surface area contributed by atoms with Crippen LogP contribution in [-0.4, -0.2) is 57.1 Å². The van der Waals surface area contributed by atoms with Gasteiger partial charge in [0.05, 0.1) is 3.79 Å². The molecule has 0 aliphatic carbocycles. The van der Waals surface area contributed by atoms with E-state index in [0.29, 0.717) is 0 Å². The number of thiophene rings is 1. The highest BCUT2D eigenvalue weighted by molar-refractivity contribution is 9.11. The van der Waals surface area contributed by atoms with Crippen molar-refractivity contribution in [2.75, 3.05) is 47.3 Å². The minimum Gasteiger partial charge on any atom is -0.315 e. The Morgan fingerprint density at radius 3 is 2.61 bits per heavy atom. The smallest absolute Gasteiger partial charge is 0.0701 e. The molecular formula is C13H24BrN3S. The van der Waals surface area contributed by atoms with Crippen molar-refractivity contribution >= 4 is 27.3 Å². The Labute approximate surface area is 123 Å². The highest BCUT2D eigenvalue weighted by atomic mass is 79.9. The first-order valence-corrected chi connectivity index (χ1v) is 8.02. The lowest BCUT2D eigenvalue weighted by molar-refractivity contribution is 0.322. The molecule has 0 fully saturated rings. The third kappa shape index (κ3) is 7.48. The number of likely N-dealkylation sites (N-methyl/N-ethyl adjacent to an activating group) is 1. The van der Waals surface area contributed by atoms with Gasteiger partial charge < -0.3 is 15.1 Å². The molecule has 0 unspecified atom stereocenters. The van der Waals surface area contributed by atoms with Crippen molar-refractivity contribution in [2.24, 2.45) is 0 Å². The maximum Gasteiger partial charge on any atom is 0.0701 e. The van der Waals surface area contributed by atoms with Crippen molar-refractivity contribution in [3.05, 3.63) is 20.8 Å². The molecule has 0 aliphatic heterocycles. The van der Waals surface area contributed by atoms with E-state index in [2.05, 4.69) is 63.6 Å². The molecule has 5 heteroatoms. The molecule has 0 saturated heterocycles. The largest absolute Gasteiger partial charge is 0.315 e. The van der Waals surface area contributed by atoms with Gasteiger partial charge in [-0.2, -0.15) is 0 Å². The Kier molecular flexibility index (Phi) is 8.10. The fourth-order valence-corrected chi connectivity index (χ4v) is 2.93. The van der Waals surface area contributed by atoms with Crippen molar-refractivity contribution in [3.8, 4) is 0 Å². The van der Waals surface area contributed by atoms with Crippen molar-refractivity contribution in [2.45, 2.75) is 13.0 Å². The van der Waals surface area contributed by atoms with E-state index in [9.17, 15) is 0 Å². The second-order valence-corrected chi connectivity index (χ2v) is 7.19. The van der Waals surface area contributed by atoms with E-state index in [-0.39, 0.29) is 0 Å². The van der Waals surface area contributed by atoms with Crippen molar-refractivity contribution < 1.29 is 0 Å². The van der Waals surface area contributed by atoms with Crippen molar-refractivity contribution in [1.29, 1.82) is 0 Å². The first-order valence-electron chi connectivity index (χ1n) is 6.35. The monoisotopic (exact) mass is 333 g/mol. The van der Waals surface area contributed by atoms with Gasteiger partial charge in [0.25, 0.3) is 0 Å². The minimum absolute atomic E-state index is 1.03. The Balaban J connectivity index is 2.01. The molecule has 1 heterocycles. The second kappa shape index (κ2) is 9.04. The zero-order chi connectivity index (χ0) is 13.4. The lowest BCUT2D eigenvalue weighted by Crippen LogP contribution is -2.30. The summed E-state index contributed by atoms with van der Waals surface area (Å²) in [5.74, 6) is 0. The molecule has 0 spiro atoms. The number of nitrogens with zero attached hydrogens (tertiary/aromatic N) is 2. The van der Waals surface area contributed by atoms with Crippen LogP contribution in [0.15, 0.2) is 15.2 Å². The number of nitrogens with one attached hydrogen (secondary N) is 1. The maximum absolute atomic E-state index is 3.50. The zero-order valence-electron chi connectivity index (χ0n) is 11.6. The molecule has 1 aromatic heterocycles. The van der Waals surface area contributed by atoms with Crippen molar-refractivity contribution in [3.63, 3.8) is 0 Å². The van der Waals surface area contributed by atoms with Gasteiger partial charge in [0.2, 0.25) is 0 Å². The third-order valence-corrected chi connectivity index (χ3v) is 4.26.